The summed E-state index contributed by atoms with van der Waals surface area (Å²) in [5.74, 6) is -0.312. The number of thiazole rings is 1. The molecule has 0 saturated carbocycles. The number of thiophene rings is 1. The van der Waals surface area contributed by atoms with Crippen molar-refractivity contribution in [3.8, 4) is 21.1 Å². The molecule has 16 nitrogen and oxygen atoms in total. The summed E-state index contributed by atoms with van der Waals surface area (Å²) in [7, 11) is 0. The second kappa shape index (κ2) is 59.4. The summed E-state index contributed by atoms with van der Waals surface area (Å²) in [6.07, 6.45) is 25.0. The zero-order valence-electron chi connectivity index (χ0n) is 69.1. The molecule has 0 amide bonds. The minimum Gasteiger partial charge on any atom is -0.512 e. The van der Waals surface area contributed by atoms with Crippen molar-refractivity contribution < 1.29 is 150 Å². The van der Waals surface area contributed by atoms with E-state index in [1.54, 1.807) is 47.5 Å². The van der Waals surface area contributed by atoms with Crippen molar-refractivity contribution in [3.63, 3.8) is 0 Å². The van der Waals surface area contributed by atoms with Crippen LogP contribution in [0.2, 0.25) is 0 Å². The number of pyridine rings is 3. The number of aliphatic hydroxyl groups is 5. The number of aromatic nitrogens is 6. The number of benzene rings is 10. The van der Waals surface area contributed by atoms with Gasteiger partial charge in [0, 0.05) is 183 Å². The Hall–Kier alpha value is -11.3. The summed E-state index contributed by atoms with van der Waals surface area (Å²) in [6, 6.07) is 95.5. The summed E-state index contributed by atoms with van der Waals surface area (Å²) in [5.41, 5.74) is 9.04. The molecule has 5 radical (unpaired) electrons. The van der Waals surface area contributed by atoms with E-state index in [2.05, 4.69) is 183 Å². The van der Waals surface area contributed by atoms with Crippen LogP contribution in [0.25, 0.3) is 108 Å². The first-order valence-corrected chi connectivity index (χ1v) is 38.9. The van der Waals surface area contributed by atoms with Gasteiger partial charge in [0.1, 0.15) is 0 Å². The van der Waals surface area contributed by atoms with Gasteiger partial charge in [-0.2, -0.15) is 11.3 Å². The molecule has 16 aromatic rings. The molecule has 0 spiro atoms. The van der Waals surface area contributed by atoms with Crippen LogP contribution in [0.5, 0.6) is 0 Å². The van der Waals surface area contributed by atoms with Gasteiger partial charge in [-0.25, -0.2) is 11.3 Å². The molecular weight excluding hydrogens is 2480 g/mol. The summed E-state index contributed by atoms with van der Waals surface area (Å²) in [6.45, 7) is 14.2. The minimum absolute atomic E-state index is 0. The number of hydrogen-bond acceptors (Lipinski definition) is 18. The third kappa shape index (κ3) is 39.4. The van der Waals surface area contributed by atoms with E-state index >= 15 is 0 Å². The smallest absolute Gasteiger partial charge is 0.155 e. The molecule has 645 valence electrons. The van der Waals surface area contributed by atoms with Gasteiger partial charge in [-0.05, 0) is 126 Å². The fourth-order valence-corrected chi connectivity index (χ4v) is 12.9. The molecule has 10 aromatic carbocycles. The maximum atomic E-state index is 10.0. The standard InChI is InChI=1S/C17H10NS.C17H12N.C16H9N2.C13H8NS.C13H10N.5C5H8O2.5Ir/c1-2-8-13-12(6-1)7-5-9-14(13)17-18-15-10-3-4-11-16(15)19-17;1-2-10-17-14(6-1)7-5-8-15(17)11-12-16-9-3-4-13-18-16;1-3-7-13-11(5-1)12-6-2-4-8-14(12)16-15(13)17-9-10-18-16;1-2-7-12-10(5-1)9-13(15-12)11-6-3-4-8-14-11;1-2-6-12(7-3-1)9-10-13-8-4-5-11-14-13;5*1-4(6)3-5(2)7;;;;;/h1-8,10-11H;1-10,12-13H;1-7,9-10H;1-8H;1-8,10-11H;5*3,6H,1-2H3;;;;;/q5*-1;;;;;;;;;;. The van der Waals surface area contributed by atoms with E-state index in [0.717, 1.165) is 71.0 Å². The third-order valence-corrected chi connectivity index (χ3v) is 17.6. The van der Waals surface area contributed by atoms with Crippen LogP contribution in [0.15, 0.2) is 345 Å². The quantitative estimate of drug-likeness (QED) is 0.0349. The van der Waals surface area contributed by atoms with Crippen LogP contribution in [0.4, 0.5) is 0 Å². The molecule has 0 atom stereocenters. The Morgan fingerprint density at radius 3 is 1.28 bits per heavy atom. The molecule has 5 N–H and O–H groups in total. The number of carbonyl (C=O) groups excluding carboxylic acids is 5. The Morgan fingerprint density at radius 2 is 0.782 bits per heavy atom. The zero-order valence-corrected chi connectivity index (χ0v) is 82.7. The molecule has 124 heavy (non-hydrogen) atoms. The van der Waals surface area contributed by atoms with E-state index in [4.69, 9.17) is 30.5 Å². The van der Waals surface area contributed by atoms with Gasteiger partial charge in [-0.1, -0.05) is 173 Å². The molecule has 0 aliphatic carbocycles. The van der Waals surface area contributed by atoms with Crippen LogP contribution in [0.1, 0.15) is 91.8 Å². The molecule has 6 heterocycles. The predicted octanol–water partition coefficient (Wildman–Crippen LogP) is 24.6. The van der Waals surface area contributed by atoms with Gasteiger partial charge in [0.05, 0.1) is 39.8 Å². The second-order valence-electron chi connectivity index (χ2n) is 25.9. The van der Waals surface area contributed by atoms with Gasteiger partial charge >= 0.3 is 0 Å². The number of allylic oxidation sites excluding steroid dienone is 10. The maximum absolute atomic E-state index is 10.0. The Morgan fingerprint density at radius 1 is 0.347 bits per heavy atom. The van der Waals surface area contributed by atoms with Gasteiger partial charge in [0.25, 0.3) is 0 Å². The van der Waals surface area contributed by atoms with Crippen LogP contribution in [-0.4, -0.2) is 84.4 Å². The first kappa shape index (κ1) is 109. The van der Waals surface area contributed by atoms with Crippen LogP contribution in [0.3, 0.4) is 0 Å². The molecule has 16 rings (SSSR count). The monoisotopic (exact) mass is 2570 g/mol. The molecule has 0 fully saturated rings. The SMILES string of the molecule is CC(=O)C=C(C)O.CC(=O)C=C(C)O.CC(=O)C=C(C)O.CC(=O)C=C(C)O.CC(=O)C=C(C)O.[C-](=Cc1ccccn1)c1cccc2ccccc12.[C-](=Cc1ccccn1)c1ccccc1.[Ir].[Ir].[Ir].[Ir].[Ir].[c-]1c(-c2ccccn2)sc2ccccc12.[c-]1ccc2ccccc2c1-c1nc2ccccc2s1.[c-]1cccc2c1c1nccnc1c1ccccc21. The van der Waals surface area contributed by atoms with Crippen molar-refractivity contribution >= 4 is 138 Å². The molecule has 0 aliphatic heterocycles. The average molecular weight is 2570 g/mol. The summed E-state index contributed by atoms with van der Waals surface area (Å²) >= 11 is 3.46. The fourth-order valence-electron chi connectivity index (χ4n) is 10.9. The van der Waals surface area contributed by atoms with Gasteiger partial charge in [-0.15, -0.1) is 154 Å². The molecule has 0 saturated heterocycles. The normalized spacial score (nSPS) is 10.7. The average Bonchev–Trinajstić information content (AvgIpc) is 1.05. The zero-order chi connectivity index (χ0) is 85.9. The number of rotatable bonds is 11. The number of nitrogens with zero attached hydrogens (tertiary/aromatic N) is 6. The summed E-state index contributed by atoms with van der Waals surface area (Å²) in [4.78, 5) is 77.6. The topological polar surface area (TPSA) is 264 Å². The number of hydrogen-bond donors (Lipinski definition) is 5. The number of fused-ring (bicyclic) bond motifs is 10. The van der Waals surface area contributed by atoms with Gasteiger partial charge in [0.15, 0.2) is 28.9 Å². The van der Waals surface area contributed by atoms with Crippen LogP contribution >= 0.6 is 22.7 Å². The van der Waals surface area contributed by atoms with E-state index in [1.165, 1.54) is 147 Å². The van der Waals surface area contributed by atoms with Crippen molar-refractivity contribution in [2.24, 2.45) is 0 Å². The largest absolute Gasteiger partial charge is 0.512 e. The van der Waals surface area contributed by atoms with Gasteiger partial charge in [-0.3, -0.25) is 33.9 Å². The van der Waals surface area contributed by atoms with E-state index in [0.29, 0.717) is 0 Å². The van der Waals surface area contributed by atoms with E-state index in [-0.39, 0.29) is 158 Å². The van der Waals surface area contributed by atoms with E-state index in [1.807, 2.05) is 146 Å². The second-order valence-corrected chi connectivity index (χ2v) is 28.0. The Labute approximate surface area is 798 Å². The first-order valence-electron chi connectivity index (χ1n) is 37.2. The minimum atomic E-state index is -0.125. The Kier molecular flexibility index (Phi) is 52.1. The molecule has 0 aliphatic rings. The molecule has 6 aromatic heterocycles. The van der Waals surface area contributed by atoms with Crippen LogP contribution in [0, 0.1) is 30.4 Å². The van der Waals surface area contributed by atoms with Crippen molar-refractivity contribution in [1.82, 2.24) is 29.9 Å². The number of carbonyl (C=O) groups is 5. The number of ketones is 5. The Bertz CT molecular complexity index is 5740. The molecule has 0 bridgehead atoms. The molecular formula is C101H89Ir5N6O10S2-5. The fraction of sp³-hybridized carbons (Fsp3) is 0.0990. The summed E-state index contributed by atoms with van der Waals surface area (Å²) in [5, 5.41) is 53.5. The van der Waals surface area contributed by atoms with Crippen molar-refractivity contribution in [2.75, 3.05) is 0 Å². The number of aliphatic hydroxyl groups excluding tert-OH is 5. The van der Waals surface area contributed by atoms with Gasteiger partial charge in [0.2, 0.25) is 0 Å². The van der Waals surface area contributed by atoms with Crippen molar-refractivity contribution in [1.29, 1.82) is 0 Å². The van der Waals surface area contributed by atoms with Crippen LogP contribution < -0.4 is 0 Å². The molecule has 0 unspecified atom stereocenters. The third-order valence-electron chi connectivity index (χ3n) is 15.5. The predicted molar refractivity (Wildman–Crippen MR) is 486 cm³/mol. The number of para-hydroxylation sites is 1. The van der Waals surface area contributed by atoms with Crippen molar-refractivity contribution in [3.05, 3.63) is 398 Å². The van der Waals surface area contributed by atoms with Gasteiger partial charge < -0.3 is 45.5 Å². The first-order chi connectivity index (χ1) is 57.3. The van der Waals surface area contributed by atoms with E-state index < -0.39 is 0 Å². The maximum Gasteiger partial charge on any atom is 0.155 e. The van der Waals surface area contributed by atoms with E-state index in [9.17, 15) is 24.0 Å². The summed E-state index contributed by atoms with van der Waals surface area (Å²) < 4.78 is 2.48. The van der Waals surface area contributed by atoms with Crippen molar-refractivity contribution in [2.45, 2.75) is 69.2 Å². The Balaban J connectivity index is 0.000000477. The molecule has 23 heteroatoms. The van der Waals surface area contributed by atoms with Crippen LogP contribution in [-0.2, 0) is 124 Å².